The average Bonchev–Trinajstić information content (AvgIpc) is 2.54. The van der Waals surface area contributed by atoms with Crippen LogP contribution in [0.15, 0.2) is 16.7 Å². The van der Waals surface area contributed by atoms with E-state index in [9.17, 15) is 0 Å². The van der Waals surface area contributed by atoms with Crippen molar-refractivity contribution in [2.24, 2.45) is 11.8 Å². The van der Waals surface area contributed by atoms with Gasteiger partial charge in [0.1, 0.15) is 0 Å². The Labute approximate surface area is 89.6 Å². The first kappa shape index (κ1) is 11.6. The molecule has 0 aliphatic rings. The second-order valence-electron chi connectivity index (χ2n) is 3.56. The number of rotatable bonds is 5. The number of hydrazine groups is 1. The summed E-state index contributed by atoms with van der Waals surface area (Å²) in [6.45, 7) is 4.30. The zero-order valence-electron chi connectivity index (χ0n) is 8.59. The van der Waals surface area contributed by atoms with E-state index in [1.165, 1.54) is 0 Å². The minimum Gasteiger partial charge on any atom is -0.453 e. The van der Waals surface area contributed by atoms with E-state index in [2.05, 4.69) is 19.3 Å². The second kappa shape index (κ2) is 5.39. The van der Waals surface area contributed by atoms with E-state index in [4.69, 9.17) is 21.9 Å². The highest BCUT2D eigenvalue weighted by Crippen LogP contribution is 2.30. The van der Waals surface area contributed by atoms with E-state index in [1.807, 2.05) is 6.07 Å². The number of halogens is 1. The highest BCUT2D eigenvalue weighted by molar-refractivity contribution is 6.29. The van der Waals surface area contributed by atoms with Gasteiger partial charge in [0.2, 0.25) is 0 Å². The summed E-state index contributed by atoms with van der Waals surface area (Å²) in [7, 11) is 0. The Kier molecular flexibility index (Phi) is 4.45. The second-order valence-corrected chi connectivity index (χ2v) is 3.90. The first-order valence-corrected chi connectivity index (χ1v) is 5.27. The van der Waals surface area contributed by atoms with Crippen LogP contribution in [0.5, 0.6) is 0 Å². The summed E-state index contributed by atoms with van der Waals surface area (Å²) in [6.07, 6.45) is 3.83. The van der Waals surface area contributed by atoms with Crippen molar-refractivity contribution in [3.8, 4) is 0 Å². The molecular weight excluding hydrogens is 200 g/mol. The SMILES string of the molecule is CCCC(C)C(NN)c1ccoc1Cl. The van der Waals surface area contributed by atoms with E-state index < -0.39 is 0 Å². The van der Waals surface area contributed by atoms with Gasteiger partial charge in [-0.25, -0.2) is 0 Å². The molecule has 0 saturated heterocycles. The van der Waals surface area contributed by atoms with E-state index in [0.717, 1.165) is 18.4 Å². The summed E-state index contributed by atoms with van der Waals surface area (Å²) in [5, 5.41) is 0.427. The van der Waals surface area contributed by atoms with E-state index in [1.54, 1.807) is 6.26 Å². The molecule has 2 atom stereocenters. The van der Waals surface area contributed by atoms with E-state index >= 15 is 0 Å². The molecular formula is C10H17ClN2O. The first-order valence-electron chi connectivity index (χ1n) is 4.89. The molecule has 1 aromatic heterocycles. The number of hydrogen-bond acceptors (Lipinski definition) is 3. The van der Waals surface area contributed by atoms with Crippen LogP contribution in [0.3, 0.4) is 0 Å². The molecule has 0 amide bonds. The zero-order chi connectivity index (χ0) is 10.6. The van der Waals surface area contributed by atoms with Gasteiger partial charge in [0.25, 0.3) is 0 Å². The van der Waals surface area contributed by atoms with Gasteiger partial charge in [0, 0.05) is 5.56 Å². The lowest BCUT2D eigenvalue weighted by molar-refractivity contribution is 0.366. The predicted molar refractivity (Wildman–Crippen MR) is 57.9 cm³/mol. The van der Waals surface area contributed by atoms with Crippen molar-refractivity contribution >= 4 is 11.6 Å². The van der Waals surface area contributed by atoms with Crippen LogP contribution in [0, 0.1) is 5.92 Å². The Morgan fingerprint density at radius 3 is 2.79 bits per heavy atom. The van der Waals surface area contributed by atoms with Crippen LogP contribution in [0.25, 0.3) is 0 Å². The molecule has 3 nitrogen and oxygen atoms in total. The van der Waals surface area contributed by atoms with Gasteiger partial charge in [-0.15, -0.1) is 0 Å². The molecule has 0 aliphatic heterocycles. The third-order valence-electron chi connectivity index (χ3n) is 2.47. The fraction of sp³-hybridized carbons (Fsp3) is 0.600. The molecule has 0 saturated carbocycles. The molecule has 1 rings (SSSR count). The Morgan fingerprint density at radius 2 is 2.36 bits per heavy atom. The van der Waals surface area contributed by atoms with Gasteiger partial charge in [-0.05, 0) is 30.0 Å². The van der Waals surface area contributed by atoms with Crippen molar-refractivity contribution in [1.29, 1.82) is 0 Å². The Bertz CT molecular complexity index is 275. The minimum absolute atomic E-state index is 0.0706. The third-order valence-corrected chi connectivity index (χ3v) is 2.78. The van der Waals surface area contributed by atoms with Crippen molar-refractivity contribution in [3.05, 3.63) is 23.1 Å². The van der Waals surface area contributed by atoms with Gasteiger partial charge < -0.3 is 4.42 Å². The van der Waals surface area contributed by atoms with Gasteiger partial charge in [-0.3, -0.25) is 11.3 Å². The molecule has 0 bridgehead atoms. The maximum atomic E-state index is 5.90. The van der Waals surface area contributed by atoms with Crippen molar-refractivity contribution in [2.75, 3.05) is 0 Å². The van der Waals surface area contributed by atoms with Gasteiger partial charge in [0.05, 0.1) is 12.3 Å². The average molecular weight is 217 g/mol. The fourth-order valence-corrected chi connectivity index (χ4v) is 1.94. The highest BCUT2D eigenvalue weighted by atomic mass is 35.5. The summed E-state index contributed by atoms with van der Waals surface area (Å²) in [5.41, 5.74) is 3.73. The van der Waals surface area contributed by atoms with Crippen LogP contribution in [0.4, 0.5) is 0 Å². The molecule has 0 spiro atoms. The van der Waals surface area contributed by atoms with Crippen molar-refractivity contribution in [1.82, 2.24) is 5.43 Å². The molecule has 0 radical (unpaired) electrons. The maximum Gasteiger partial charge on any atom is 0.197 e. The number of nitrogens with one attached hydrogen (secondary N) is 1. The lowest BCUT2D eigenvalue weighted by atomic mass is 9.93. The fourth-order valence-electron chi connectivity index (χ4n) is 1.71. The van der Waals surface area contributed by atoms with Crippen LogP contribution in [0.1, 0.15) is 38.3 Å². The van der Waals surface area contributed by atoms with Gasteiger partial charge in [-0.2, -0.15) is 0 Å². The summed E-state index contributed by atoms with van der Waals surface area (Å²) in [5.74, 6) is 5.96. The molecule has 1 aromatic rings. The Morgan fingerprint density at radius 1 is 1.64 bits per heavy atom. The smallest absolute Gasteiger partial charge is 0.197 e. The van der Waals surface area contributed by atoms with Crippen molar-refractivity contribution < 1.29 is 4.42 Å². The Hall–Kier alpha value is -0.510. The highest BCUT2D eigenvalue weighted by Gasteiger charge is 2.21. The summed E-state index contributed by atoms with van der Waals surface area (Å²) in [4.78, 5) is 0. The van der Waals surface area contributed by atoms with Crippen molar-refractivity contribution in [3.63, 3.8) is 0 Å². The van der Waals surface area contributed by atoms with Crippen LogP contribution in [-0.4, -0.2) is 0 Å². The maximum absolute atomic E-state index is 5.90. The summed E-state index contributed by atoms with van der Waals surface area (Å²) < 4.78 is 5.05. The largest absolute Gasteiger partial charge is 0.453 e. The van der Waals surface area contributed by atoms with Crippen LogP contribution in [0.2, 0.25) is 5.22 Å². The molecule has 1 heterocycles. The minimum atomic E-state index is 0.0706. The number of furan rings is 1. The molecule has 0 aromatic carbocycles. The van der Waals surface area contributed by atoms with Crippen molar-refractivity contribution in [2.45, 2.75) is 32.7 Å². The molecule has 0 fully saturated rings. The van der Waals surface area contributed by atoms with Crippen LogP contribution < -0.4 is 11.3 Å². The van der Waals surface area contributed by atoms with Gasteiger partial charge in [0.15, 0.2) is 5.22 Å². The van der Waals surface area contributed by atoms with E-state index in [-0.39, 0.29) is 6.04 Å². The van der Waals surface area contributed by atoms with E-state index in [0.29, 0.717) is 11.1 Å². The van der Waals surface area contributed by atoms with Crippen LogP contribution in [-0.2, 0) is 0 Å². The summed E-state index contributed by atoms with van der Waals surface area (Å²) in [6, 6.07) is 1.93. The lowest BCUT2D eigenvalue weighted by Crippen LogP contribution is -2.32. The van der Waals surface area contributed by atoms with Crippen LogP contribution >= 0.6 is 11.6 Å². The summed E-state index contributed by atoms with van der Waals surface area (Å²) >= 11 is 5.90. The van der Waals surface area contributed by atoms with Gasteiger partial charge >= 0.3 is 0 Å². The quantitative estimate of drug-likeness (QED) is 0.588. The molecule has 2 unspecified atom stereocenters. The molecule has 14 heavy (non-hydrogen) atoms. The topological polar surface area (TPSA) is 51.2 Å². The molecule has 0 aliphatic carbocycles. The first-order chi connectivity index (χ1) is 6.70. The van der Waals surface area contributed by atoms with Gasteiger partial charge in [-0.1, -0.05) is 20.3 Å². The monoisotopic (exact) mass is 216 g/mol. The number of hydrogen-bond donors (Lipinski definition) is 2. The molecule has 3 N–H and O–H groups in total. The molecule has 4 heteroatoms. The number of nitrogens with two attached hydrogens (primary N) is 1. The Balaban J connectivity index is 2.76. The zero-order valence-corrected chi connectivity index (χ0v) is 9.34. The molecule has 80 valence electrons. The third kappa shape index (κ3) is 2.50. The standard InChI is InChI=1S/C10H17ClN2O/c1-3-4-7(2)9(13-12)8-5-6-14-10(8)11/h5-7,9,13H,3-4,12H2,1-2H3. The lowest BCUT2D eigenvalue weighted by Gasteiger charge is -2.21. The normalized spacial score (nSPS) is 15.4. The predicted octanol–water partition coefficient (Wildman–Crippen LogP) is 2.87.